The third kappa shape index (κ3) is 5.83. The van der Waals surface area contributed by atoms with Gasteiger partial charge in [-0.25, -0.2) is 4.67 Å². The summed E-state index contributed by atoms with van der Waals surface area (Å²) in [6, 6.07) is 0.0473. The molecule has 0 aliphatic carbocycles. The van der Waals surface area contributed by atoms with Crippen molar-refractivity contribution < 1.29 is 18.6 Å². The highest BCUT2D eigenvalue weighted by Crippen LogP contribution is 2.52. The molecule has 0 fully saturated rings. The highest BCUT2D eigenvalue weighted by molar-refractivity contribution is 9.09. The zero-order valence-corrected chi connectivity index (χ0v) is 14.0. The minimum atomic E-state index is -3.15. The van der Waals surface area contributed by atoms with E-state index in [9.17, 15) is 9.36 Å². The molecule has 0 aliphatic heterocycles. The first-order chi connectivity index (χ1) is 8.41. The lowest BCUT2D eigenvalue weighted by Crippen LogP contribution is -2.32. The van der Waals surface area contributed by atoms with Gasteiger partial charge in [0, 0.05) is 17.9 Å². The Balaban J connectivity index is 4.98. The summed E-state index contributed by atoms with van der Waals surface area (Å²) in [5, 5.41) is 0.820. The van der Waals surface area contributed by atoms with Crippen LogP contribution in [0.4, 0.5) is 0 Å². The van der Waals surface area contributed by atoms with Crippen LogP contribution < -0.4 is 0 Å². The molecule has 0 rings (SSSR count). The van der Waals surface area contributed by atoms with Gasteiger partial charge in [-0.05, 0) is 27.2 Å². The number of esters is 1. The summed E-state index contributed by atoms with van der Waals surface area (Å²) >= 11 is 3.35. The van der Waals surface area contributed by atoms with Crippen LogP contribution in [-0.2, 0) is 18.6 Å². The quantitative estimate of drug-likeness (QED) is 0.366. The molecular formula is C11H23BrNO4P. The predicted octanol–water partition coefficient (Wildman–Crippen LogP) is 2.88. The second kappa shape index (κ2) is 9.08. The van der Waals surface area contributed by atoms with Crippen molar-refractivity contribution in [2.24, 2.45) is 0 Å². The van der Waals surface area contributed by atoms with E-state index in [-0.39, 0.29) is 12.2 Å². The van der Waals surface area contributed by atoms with E-state index >= 15 is 0 Å². The molecule has 108 valence electrons. The third-order valence-corrected chi connectivity index (χ3v) is 5.72. The summed E-state index contributed by atoms with van der Waals surface area (Å²) in [6.07, 6.45) is 0.647. The van der Waals surface area contributed by atoms with E-state index in [1.54, 1.807) is 11.6 Å². The normalized spacial score (nSPS) is 14.8. The number of rotatable bonds is 9. The Morgan fingerprint density at radius 1 is 1.44 bits per heavy atom. The molecule has 1 unspecified atom stereocenters. The van der Waals surface area contributed by atoms with Gasteiger partial charge in [-0.3, -0.25) is 9.36 Å². The predicted molar refractivity (Wildman–Crippen MR) is 76.4 cm³/mol. The standard InChI is InChI=1S/C11H23BrNO4P/c1-5-17-18(15,9-11(14)16-4)13(10(2)3)8-6-7-12/h10H,5-9H2,1-4H3. The fourth-order valence-electron chi connectivity index (χ4n) is 1.62. The maximum absolute atomic E-state index is 12.8. The van der Waals surface area contributed by atoms with Crippen LogP contribution in [0.25, 0.3) is 0 Å². The maximum atomic E-state index is 12.8. The number of carbonyl (C=O) groups is 1. The van der Waals surface area contributed by atoms with Gasteiger partial charge in [0.05, 0.1) is 13.7 Å². The van der Waals surface area contributed by atoms with Gasteiger partial charge in [-0.1, -0.05) is 15.9 Å². The molecule has 0 bridgehead atoms. The molecule has 0 N–H and O–H groups in total. The molecule has 0 amide bonds. The van der Waals surface area contributed by atoms with Gasteiger partial charge in [-0.15, -0.1) is 0 Å². The van der Waals surface area contributed by atoms with Gasteiger partial charge < -0.3 is 9.26 Å². The van der Waals surface area contributed by atoms with Gasteiger partial charge >= 0.3 is 5.97 Å². The Morgan fingerprint density at radius 2 is 2.06 bits per heavy atom. The van der Waals surface area contributed by atoms with E-state index in [0.717, 1.165) is 11.8 Å². The average Bonchev–Trinajstić information content (AvgIpc) is 2.28. The van der Waals surface area contributed by atoms with Crippen molar-refractivity contribution in [3.05, 3.63) is 0 Å². The number of methoxy groups -OCH3 is 1. The first-order valence-corrected chi connectivity index (χ1v) is 8.93. The molecule has 0 saturated carbocycles. The summed E-state index contributed by atoms with van der Waals surface area (Å²) in [4.78, 5) is 11.4. The van der Waals surface area contributed by atoms with Crippen molar-refractivity contribution >= 4 is 29.4 Å². The van der Waals surface area contributed by atoms with Crippen LogP contribution >= 0.6 is 23.4 Å². The van der Waals surface area contributed by atoms with Crippen LogP contribution in [0.1, 0.15) is 27.2 Å². The van der Waals surface area contributed by atoms with Gasteiger partial charge in [0.2, 0.25) is 0 Å². The Kier molecular flexibility index (Phi) is 9.13. The highest BCUT2D eigenvalue weighted by atomic mass is 79.9. The van der Waals surface area contributed by atoms with E-state index in [4.69, 9.17) is 4.52 Å². The first kappa shape index (κ1) is 18.1. The van der Waals surface area contributed by atoms with Crippen molar-refractivity contribution in [3.8, 4) is 0 Å². The molecule has 0 radical (unpaired) electrons. The zero-order valence-electron chi connectivity index (χ0n) is 11.5. The SMILES string of the molecule is CCOP(=O)(CC(=O)OC)N(CCCBr)C(C)C. The van der Waals surface area contributed by atoms with Crippen LogP contribution in [0, 0.1) is 0 Å². The molecule has 0 aromatic carbocycles. The number of alkyl halides is 1. The third-order valence-electron chi connectivity index (χ3n) is 2.40. The molecule has 7 heteroatoms. The second-order valence-electron chi connectivity index (χ2n) is 4.09. The summed E-state index contributed by atoms with van der Waals surface area (Å²) < 4.78 is 24.6. The van der Waals surface area contributed by atoms with Crippen LogP contribution in [0.5, 0.6) is 0 Å². The lowest BCUT2D eigenvalue weighted by Gasteiger charge is -2.33. The molecule has 0 aromatic rings. The van der Waals surface area contributed by atoms with E-state index in [2.05, 4.69) is 20.7 Å². The van der Waals surface area contributed by atoms with Crippen molar-refractivity contribution in [1.29, 1.82) is 0 Å². The largest absolute Gasteiger partial charge is 0.469 e. The van der Waals surface area contributed by atoms with Crippen molar-refractivity contribution in [2.45, 2.75) is 33.2 Å². The summed E-state index contributed by atoms with van der Waals surface area (Å²) in [5.74, 6) is -0.503. The van der Waals surface area contributed by atoms with Crippen molar-refractivity contribution in [3.63, 3.8) is 0 Å². The molecule has 1 atom stereocenters. The van der Waals surface area contributed by atoms with Crippen LogP contribution in [-0.4, -0.2) is 48.4 Å². The number of ether oxygens (including phenoxy) is 1. The van der Waals surface area contributed by atoms with Crippen LogP contribution in [0.15, 0.2) is 0 Å². The van der Waals surface area contributed by atoms with E-state index in [1.165, 1.54) is 7.11 Å². The topological polar surface area (TPSA) is 55.8 Å². The van der Waals surface area contributed by atoms with Crippen LogP contribution in [0.3, 0.4) is 0 Å². The van der Waals surface area contributed by atoms with E-state index < -0.39 is 13.5 Å². The van der Waals surface area contributed by atoms with Gasteiger partial charge in [0.15, 0.2) is 0 Å². The monoisotopic (exact) mass is 343 g/mol. The summed E-state index contributed by atoms with van der Waals surface area (Å²) in [6.45, 7) is 6.59. The lowest BCUT2D eigenvalue weighted by molar-refractivity contribution is -0.137. The molecule has 0 heterocycles. The zero-order chi connectivity index (χ0) is 14.2. The fourth-order valence-corrected chi connectivity index (χ4v) is 4.30. The maximum Gasteiger partial charge on any atom is 0.316 e. The summed E-state index contributed by atoms with van der Waals surface area (Å²) in [5.41, 5.74) is 0. The lowest BCUT2D eigenvalue weighted by atomic mass is 10.4. The molecule has 18 heavy (non-hydrogen) atoms. The number of hydrogen-bond donors (Lipinski definition) is 0. The number of halogens is 1. The van der Waals surface area contributed by atoms with E-state index in [0.29, 0.717) is 13.2 Å². The Hall–Kier alpha value is 0.100. The van der Waals surface area contributed by atoms with Crippen molar-refractivity contribution in [1.82, 2.24) is 4.67 Å². The van der Waals surface area contributed by atoms with E-state index in [1.807, 2.05) is 13.8 Å². The van der Waals surface area contributed by atoms with Gasteiger partial charge in [0.25, 0.3) is 7.52 Å². The van der Waals surface area contributed by atoms with Gasteiger partial charge in [-0.2, -0.15) is 0 Å². The molecular weight excluding hydrogens is 321 g/mol. The minimum absolute atomic E-state index is 0.0473. The highest BCUT2D eigenvalue weighted by Gasteiger charge is 2.36. The fraction of sp³-hybridized carbons (Fsp3) is 0.909. The number of nitrogens with zero attached hydrogens (tertiary/aromatic N) is 1. The summed E-state index contributed by atoms with van der Waals surface area (Å²) in [7, 11) is -1.86. The second-order valence-corrected chi connectivity index (χ2v) is 7.24. The van der Waals surface area contributed by atoms with Crippen molar-refractivity contribution in [2.75, 3.05) is 31.8 Å². The minimum Gasteiger partial charge on any atom is -0.469 e. The average molecular weight is 344 g/mol. The molecule has 0 aliphatic rings. The molecule has 0 saturated heterocycles. The Bertz CT molecular complexity index is 299. The molecule has 5 nitrogen and oxygen atoms in total. The van der Waals surface area contributed by atoms with Crippen LogP contribution in [0.2, 0.25) is 0 Å². The smallest absolute Gasteiger partial charge is 0.316 e. The van der Waals surface area contributed by atoms with Gasteiger partial charge in [0.1, 0.15) is 6.16 Å². The Morgan fingerprint density at radius 3 is 2.44 bits per heavy atom. The molecule has 0 spiro atoms. The Labute approximate surface area is 118 Å². The number of hydrogen-bond acceptors (Lipinski definition) is 4. The first-order valence-electron chi connectivity index (χ1n) is 6.04. The molecule has 0 aromatic heterocycles. The number of carbonyl (C=O) groups excluding carboxylic acids is 1.